The fraction of sp³-hybridized carbons (Fsp3) is 0.467. The van der Waals surface area contributed by atoms with E-state index < -0.39 is 0 Å². The third-order valence-corrected chi connectivity index (χ3v) is 3.70. The summed E-state index contributed by atoms with van der Waals surface area (Å²) in [5, 5.41) is 0.997. The van der Waals surface area contributed by atoms with Crippen LogP contribution in [0, 0.1) is 5.92 Å². The van der Waals surface area contributed by atoms with Gasteiger partial charge in [0.2, 0.25) is 0 Å². The molecule has 5 nitrogen and oxygen atoms in total. The van der Waals surface area contributed by atoms with Crippen molar-refractivity contribution in [1.82, 2.24) is 4.98 Å². The van der Waals surface area contributed by atoms with Gasteiger partial charge in [0.05, 0.1) is 24.2 Å². The van der Waals surface area contributed by atoms with E-state index in [4.69, 9.17) is 9.15 Å². The van der Waals surface area contributed by atoms with Crippen LogP contribution in [0.15, 0.2) is 29.0 Å². The molecule has 3 rings (SSSR count). The van der Waals surface area contributed by atoms with Gasteiger partial charge >= 0.3 is 5.97 Å². The number of anilines is 1. The van der Waals surface area contributed by atoms with Crippen LogP contribution >= 0.6 is 0 Å². The Morgan fingerprint density at radius 3 is 3.30 bits per heavy atom. The van der Waals surface area contributed by atoms with Crippen LogP contribution in [0.1, 0.15) is 19.8 Å². The second kappa shape index (κ2) is 5.53. The molecule has 1 saturated heterocycles. The smallest absolute Gasteiger partial charge is 0.310 e. The van der Waals surface area contributed by atoms with Gasteiger partial charge in [-0.25, -0.2) is 4.98 Å². The predicted octanol–water partition coefficient (Wildman–Crippen LogP) is 2.61. The van der Waals surface area contributed by atoms with Crippen LogP contribution in [-0.4, -0.2) is 30.6 Å². The van der Waals surface area contributed by atoms with Crippen LogP contribution in [0.25, 0.3) is 11.0 Å². The first-order chi connectivity index (χ1) is 9.79. The first-order valence-corrected chi connectivity index (χ1v) is 7.03. The number of esters is 1. The molecule has 2 aromatic heterocycles. The molecular formula is C15H18N2O3. The number of pyridine rings is 1. The Hall–Kier alpha value is -2.04. The van der Waals surface area contributed by atoms with Crippen LogP contribution in [0.5, 0.6) is 0 Å². The molecule has 0 aromatic carbocycles. The van der Waals surface area contributed by atoms with Crippen molar-refractivity contribution >= 4 is 22.8 Å². The number of carbonyl (C=O) groups excluding carboxylic acids is 1. The molecule has 1 fully saturated rings. The van der Waals surface area contributed by atoms with Crippen molar-refractivity contribution in [3.63, 3.8) is 0 Å². The average molecular weight is 274 g/mol. The largest absolute Gasteiger partial charge is 0.466 e. The van der Waals surface area contributed by atoms with Crippen molar-refractivity contribution in [2.75, 3.05) is 24.6 Å². The zero-order chi connectivity index (χ0) is 13.9. The molecule has 0 amide bonds. The molecule has 2 aromatic rings. The van der Waals surface area contributed by atoms with E-state index in [-0.39, 0.29) is 11.9 Å². The van der Waals surface area contributed by atoms with Crippen molar-refractivity contribution in [2.24, 2.45) is 5.92 Å². The Morgan fingerprint density at radius 2 is 2.45 bits per heavy atom. The highest BCUT2D eigenvalue weighted by Gasteiger charge is 2.28. The maximum atomic E-state index is 11.9. The minimum atomic E-state index is -0.100. The van der Waals surface area contributed by atoms with Gasteiger partial charge in [-0.1, -0.05) is 0 Å². The van der Waals surface area contributed by atoms with E-state index >= 15 is 0 Å². The molecule has 1 aliphatic rings. The highest BCUT2D eigenvalue weighted by molar-refractivity contribution is 5.88. The number of hydrogen-bond acceptors (Lipinski definition) is 5. The molecule has 0 unspecified atom stereocenters. The van der Waals surface area contributed by atoms with Crippen LogP contribution in [-0.2, 0) is 9.53 Å². The summed E-state index contributed by atoms with van der Waals surface area (Å²) in [4.78, 5) is 18.5. The first-order valence-electron chi connectivity index (χ1n) is 7.03. The van der Waals surface area contributed by atoms with Crippen LogP contribution in [0.2, 0.25) is 0 Å². The summed E-state index contributed by atoms with van der Waals surface area (Å²) in [5.41, 5.74) is 0.827. The highest BCUT2D eigenvalue weighted by atomic mass is 16.5. The van der Waals surface area contributed by atoms with Gasteiger partial charge in [0.1, 0.15) is 11.4 Å². The normalized spacial score (nSPS) is 19.2. The number of piperidine rings is 1. The molecule has 0 saturated carbocycles. The Labute approximate surface area is 117 Å². The van der Waals surface area contributed by atoms with Crippen LogP contribution < -0.4 is 4.90 Å². The first kappa shape index (κ1) is 13.0. The van der Waals surface area contributed by atoms with E-state index in [0.717, 1.165) is 36.2 Å². The molecule has 106 valence electrons. The molecule has 3 heterocycles. The Bertz CT molecular complexity index is 608. The van der Waals surface area contributed by atoms with Gasteiger partial charge in [0.25, 0.3) is 0 Å². The number of rotatable bonds is 3. The number of nitrogens with zero attached hydrogens (tertiary/aromatic N) is 2. The molecule has 1 atom stereocenters. The quantitative estimate of drug-likeness (QED) is 0.805. The number of ether oxygens (including phenoxy) is 1. The minimum absolute atomic E-state index is 0.0624. The number of carbonyl (C=O) groups is 1. The SMILES string of the molecule is CCOC(=O)[C@@H]1CCCN(c2nccc3occc23)C1. The number of hydrogen-bond donors (Lipinski definition) is 0. The van der Waals surface area contributed by atoms with Crippen molar-refractivity contribution in [3.05, 3.63) is 24.6 Å². The van der Waals surface area contributed by atoms with Gasteiger partial charge in [0, 0.05) is 19.3 Å². The van der Waals surface area contributed by atoms with E-state index in [2.05, 4.69) is 9.88 Å². The van der Waals surface area contributed by atoms with Gasteiger partial charge in [-0.2, -0.15) is 0 Å². The fourth-order valence-electron chi connectivity index (χ4n) is 2.75. The van der Waals surface area contributed by atoms with Gasteiger partial charge in [-0.15, -0.1) is 0 Å². The summed E-state index contributed by atoms with van der Waals surface area (Å²) in [6.07, 6.45) is 5.27. The third kappa shape index (κ3) is 2.35. The van der Waals surface area contributed by atoms with E-state index in [0.29, 0.717) is 13.2 Å². The predicted molar refractivity (Wildman–Crippen MR) is 75.6 cm³/mol. The molecular weight excluding hydrogens is 256 g/mol. The Kier molecular flexibility index (Phi) is 3.58. The maximum Gasteiger partial charge on any atom is 0.310 e. The molecule has 0 spiro atoms. The number of fused-ring (bicyclic) bond motifs is 1. The van der Waals surface area contributed by atoms with E-state index in [1.807, 2.05) is 19.1 Å². The van der Waals surface area contributed by atoms with Gasteiger partial charge in [0.15, 0.2) is 0 Å². The second-order valence-corrected chi connectivity index (χ2v) is 5.00. The fourth-order valence-corrected chi connectivity index (χ4v) is 2.75. The van der Waals surface area contributed by atoms with E-state index in [1.165, 1.54) is 0 Å². The monoisotopic (exact) mass is 274 g/mol. The topological polar surface area (TPSA) is 55.6 Å². The summed E-state index contributed by atoms with van der Waals surface area (Å²) in [7, 11) is 0. The summed E-state index contributed by atoms with van der Waals surface area (Å²) in [5.74, 6) is 0.731. The maximum absolute atomic E-state index is 11.9. The molecule has 0 N–H and O–H groups in total. The van der Waals surface area contributed by atoms with Crippen LogP contribution in [0.4, 0.5) is 5.82 Å². The summed E-state index contributed by atoms with van der Waals surface area (Å²) in [6, 6.07) is 3.78. The van der Waals surface area contributed by atoms with Crippen molar-refractivity contribution < 1.29 is 13.9 Å². The summed E-state index contributed by atoms with van der Waals surface area (Å²) in [6.45, 7) is 3.85. The Morgan fingerprint density at radius 1 is 1.55 bits per heavy atom. The second-order valence-electron chi connectivity index (χ2n) is 5.00. The molecule has 0 radical (unpaired) electrons. The average Bonchev–Trinajstić information content (AvgIpc) is 2.96. The van der Waals surface area contributed by atoms with Gasteiger partial charge in [-0.3, -0.25) is 4.79 Å². The lowest BCUT2D eigenvalue weighted by Gasteiger charge is -2.32. The molecule has 5 heteroatoms. The van der Waals surface area contributed by atoms with Crippen molar-refractivity contribution in [1.29, 1.82) is 0 Å². The van der Waals surface area contributed by atoms with Gasteiger partial charge < -0.3 is 14.1 Å². The Balaban J connectivity index is 1.83. The molecule has 1 aliphatic heterocycles. The van der Waals surface area contributed by atoms with Gasteiger partial charge in [-0.05, 0) is 31.9 Å². The lowest BCUT2D eigenvalue weighted by atomic mass is 9.98. The molecule has 0 aliphatic carbocycles. The standard InChI is InChI=1S/C15H18N2O3/c1-2-19-15(18)11-4-3-8-17(10-11)14-12-6-9-20-13(12)5-7-16-14/h5-7,9,11H,2-4,8,10H2,1H3/t11-/m1/s1. The number of aromatic nitrogens is 1. The van der Waals surface area contributed by atoms with Crippen LogP contribution in [0.3, 0.4) is 0 Å². The van der Waals surface area contributed by atoms with Crippen molar-refractivity contribution in [3.8, 4) is 0 Å². The summed E-state index contributed by atoms with van der Waals surface area (Å²) < 4.78 is 10.5. The van der Waals surface area contributed by atoms with E-state index in [9.17, 15) is 4.79 Å². The third-order valence-electron chi connectivity index (χ3n) is 3.70. The van der Waals surface area contributed by atoms with Crippen molar-refractivity contribution in [2.45, 2.75) is 19.8 Å². The number of furan rings is 1. The lowest BCUT2D eigenvalue weighted by molar-refractivity contribution is -0.148. The highest BCUT2D eigenvalue weighted by Crippen LogP contribution is 2.29. The minimum Gasteiger partial charge on any atom is -0.466 e. The molecule has 0 bridgehead atoms. The van der Waals surface area contributed by atoms with E-state index in [1.54, 1.807) is 12.5 Å². The molecule has 20 heavy (non-hydrogen) atoms. The zero-order valence-corrected chi connectivity index (χ0v) is 11.5. The zero-order valence-electron chi connectivity index (χ0n) is 11.5. The summed E-state index contributed by atoms with van der Waals surface area (Å²) >= 11 is 0. The lowest BCUT2D eigenvalue weighted by Crippen LogP contribution is -2.39.